The summed E-state index contributed by atoms with van der Waals surface area (Å²) in [5.41, 5.74) is 0.928. The summed E-state index contributed by atoms with van der Waals surface area (Å²) in [6.45, 7) is 0.253. The van der Waals surface area contributed by atoms with Crippen molar-refractivity contribution in [3.8, 4) is 0 Å². The minimum Gasteiger partial charge on any atom is -0.396 e. The molecule has 1 aliphatic carbocycles. The van der Waals surface area contributed by atoms with Gasteiger partial charge in [-0.15, -0.1) is 0 Å². The summed E-state index contributed by atoms with van der Waals surface area (Å²) in [6.07, 6.45) is 3.71. The van der Waals surface area contributed by atoms with E-state index < -0.39 is 0 Å². The first-order chi connectivity index (χ1) is 9.11. The van der Waals surface area contributed by atoms with E-state index in [1.54, 1.807) is 4.90 Å². The Morgan fingerprint density at radius 2 is 1.84 bits per heavy atom. The molecule has 1 saturated carbocycles. The van der Waals surface area contributed by atoms with Gasteiger partial charge in [0, 0.05) is 29.7 Å². The molecule has 1 fully saturated rings. The number of benzene rings is 1. The molecule has 0 spiro atoms. The number of halogens is 1. The highest BCUT2D eigenvalue weighted by atomic mass is 79.9. The molecule has 1 aromatic rings. The van der Waals surface area contributed by atoms with E-state index in [1.165, 1.54) is 0 Å². The first kappa shape index (κ1) is 14.5. The van der Waals surface area contributed by atoms with Gasteiger partial charge in [0.2, 0.25) is 5.91 Å². The molecule has 1 N–H and O–H groups in total. The van der Waals surface area contributed by atoms with Gasteiger partial charge in [-0.3, -0.25) is 4.79 Å². The highest BCUT2D eigenvalue weighted by molar-refractivity contribution is 9.10. The number of aliphatic hydroxyl groups excluding tert-OH is 1. The average molecular weight is 326 g/mol. The molecule has 0 aliphatic heterocycles. The van der Waals surface area contributed by atoms with Crippen LogP contribution in [-0.2, 0) is 4.79 Å². The number of amides is 1. The lowest BCUT2D eigenvalue weighted by atomic mass is 9.82. The molecule has 3 nitrogen and oxygen atoms in total. The number of nitrogens with zero attached hydrogens (tertiary/aromatic N) is 1. The maximum Gasteiger partial charge on any atom is 0.229 e. The van der Waals surface area contributed by atoms with Crippen molar-refractivity contribution in [3.05, 3.63) is 28.7 Å². The van der Waals surface area contributed by atoms with E-state index in [1.807, 2.05) is 31.3 Å². The quantitative estimate of drug-likeness (QED) is 0.927. The first-order valence-electron chi connectivity index (χ1n) is 6.76. The Morgan fingerprint density at radius 1 is 1.26 bits per heavy atom. The molecular weight excluding hydrogens is 306 g/mol. The van der Waals surface area contributed by atoms with Crippen molar-refractivity contribution in [2.45, 2.75) is 25.7 Å². The minimum absolute atomic E-state index is 0.108. The van der Waals surface area contributed by atoms with Crippen molar-refractivity contribution in [2.24, 2.45) is 11.8 Å². The van der Waals surface area contributed by atoms with Crippen LogP contribution in [0, 0.1) is 11.8 Å². The standard InChI is InChI=1S/C15H20BrNO2/c1-17(14-8-6-13(16)7-9-14)15(19)12-4-2-11(10-18)3-5-12/h6-9,11-12,18H,2-5,10H2,1H3. The fourth-order valence-corrected chi connectivity index (χ4v) is 2.92. The fraction of sp³-hybridized carbons (Fsp3) is 0.533. The number of rotatable bonds is 3. The van der Waals surface area contributed by atoms with Gasteiger partial charge < -0.3 is 10.0 Å². The fourth-order valence-electron chi connectivity index (χ4n) is 2.66. The number of hydrogen-bond acceptors (Lipinski definition) is 2. The molecule has 4 heteroatoms. The van der Waals surface area contributed by atoms with Crippen molar-refractivity contribution < 1.29 is 9.90 Å². The number of carbonyl (C=O) groups is 1. The van der Waals surface area contributed by atoms with Crippen molar-refractivity contribution in [1.29, 1.82) is 0 Å². The normalized spacial score (nSPS) is 23.1. The van der Waals surface area contributed by atoms with E-state index in [-0.39, 0.29) is 18.4 Å². The lowest BCUT2D eigenvalue weighted by Crippen LogP contribution is -2.35. The average Bonchev–Trinajstić information content (AvgIpc) is 2.46. The van der Waals surface area contributed by atoms with E-state index in [0.29, 0.717) is 5.92 Å². The molecule has 0 saturated heterocycles. The molecule has 0 unspecified atom stereocenters. The highest BCUT2D eigenvalue weighted by Gasteiger charge is 2.28. The lowest BCUT2D eigenvalue weighted by molar-refractivity contribution is -0.123. The Hall–Kier alpha value is -0.870. The zero-order chi connectivity index (χ0) is 13.8. The van der Waals surface area contributed by atoms with Gasteiger partial charge in [0.05, 0.1) is 0 Å². The predicted octanol–water partition coefficient (Wildman–Crippen LogP) is 3.21. The summed E-state index contributed by atoms with van der Waals surface area (Å²) >= 11 is 3.40. The van der Waals surface area contributed by atoms with Crippen LogP contribution < -0.4 is 4.90 Å². The van der Waals surface area contributed by atoms with E-state index in [9.17, 15) is 4.79 Å². The lowest BCUT2D eigenvalue weighted by Gasteiger charge is -2.29. The Morgan fingerprint density at radius 3 is 2.37 bits per heavy atom. The topological polar surface area (TPSA) is 40.5 Å². The molecule has 1 aliphatic rings. The van der Waals surface area contributed by atoms with Crippen LogP contribution in [0.25, 0.3) is 0 Å². The number of carbonyl (C=O) groups excluding carboxylic acids is 1. The van der Waals surface area contributed by atoms with Crippen molar-refractivity contribution in [1.82, 2.24) is 0 Å². The van der Waals surface area contributed by atoms with E-state index >= 15 is 0 Å². The van der Waals surface area contributed by atoms with E-state index in [0.717, 1.165) is 35.8 Å². The summed E-state index contributed by atoms with van der Waals surface area (Å²) in [5.74, 6) is 0.692. The zero-order valence-corrected chi connectivity index (χ0v) is 12.8. The molecule has 0 atom stereocenters. The molecule has 0 bridgehead atoms. The van der Waals surface area contributed by atoms with Crippen molar-refractivity contribution in [3.63, 3.8) is 0 Å². The molecular formula is C15H20BrNO2. The monoisotopic (exact) mass is 325 g/mol. The predicted molar refractivity (Wildman–Crippen MR) is 80.1 cm³/mol. The smallest absolute Gasteiger partial charge is 0.229 e. The van der Waals surface area contributed by atoms with Crippen molar-refractivity contribution >= 4 is 27.5 Å². The molecule has 19 heavy (non-hydrogen) atoms. The minimum atomic E-state index is 0.108. The second kappa shape index (κ2) is 6.53. The first-order valence-corrected chi connectivity index (χ1v) is 7.55. The maximum absolute atomic E-state index is 12.4. The van der Waals surface area contributed by atoms with Crippen LogP contribution in [0.3, 0.4) is 0 Å². The summed E-state index contributed by atoms with van der Waals surface area (Å²) < 4.78 is 1.01. The van der Waals surface area contributed by atoms with Gasteiger partial charge >= 0.3 is 0 Å². The molecule has 1 amide bonds. The SMILES string of the molecule is CN(C(=O)C1CCC(CO)CC1)c1ccc(Br)cc1. The molecule has 0 heterocycles. The van der Waals surface area contributed by atoms with Crippen LogP contribution in [0.15, 0.2) is 28.7 Å². The molecule has 2 rings (SSSR count). The Bertz CT molecular complexity index is 424. The van der Waals surface area contributed by atoms with Crippen LogP contribution >= 0.6 is 15.9 Å². The van der Waals surface area contributed by atoms with Gasteiger partial charge in [-0.1, -0.05) is 15.9 Å². The van der Waals surface area contributed by atoms with Gasteiger partial charge in [-0.2, -0.15) is 0 Å². The van der Waals surface area contributed by atoms with E-state index in [2.05, 4.69) is 15.9 Å². The third-order valence-corrected chi connectivity index (χ3v) is 4.53. The third-order valence-electron chi connectivity index (χ3n) is 4.00. The summed E-state index contributed by atoms with van der Waals surface area (Å²) in [4.78, 5) is 14.2. The highest BCUT2D eigenvalue weighted by Crippen LogP contribution is 2.30. The third kappa shape index (κ3) is 3.57. The van der Waals surface area contributed by atoms with Crippen LogP contribution in [0.1, 0.15) is 25.7 Å². The maximum atomic E-state index is 12.4. The van der Waals surface area contributed by atoms with Gasteiger partial charge in [-0.05, 0) is 55.9 Å². The molecule has 1 aromatic carbocycles. The van der Waals surface area contributed by atoms with Gasteiger partial charge in [0.15, 0.2) is 0 Å². The Balaban J connectivity index is 1.98. The number of hydrogen-bond donors (Lipinski definition) is 1. The summed E-state index contributed by atoms with van der Waals surface area (Å²) in [7, 11) is 1.84. The second-order valence-electron chi connectivity index (χ2n) is 5.27. The molecule has 0 aromatic heterocycles. The Labute approximate surface area is 122 Å². The summed E-state index contributed by atoms with van der Waals surface area (Å²) in [6, 6.07) is 7.78. The number of anilines is 1. The summed E-state index contributed by atoms with van der Waals surface area (Å²) in [5, 5.41) is 9.13. The molecule has 0 radical (unpaired) electrons. The van der Waals surface area contributed by atoms with Crippen LogP contribution in [0.2, 0.25) is 0 Å². The zero-order valence-electron chi connectivity index (χ0n) is 11.2. The van der Waals surface area contributed by atoms with Crippen LogP contribution in [0.5, 0.6) is 0 Å². The van der Waals surface area contributed by atoms with Gasteiger partial charge in [0.1, 0.15) is 0 Å². The van der Waals surface area contributed by atoms with Crippen LogP contribution in [-0.4, -0.2) is 24.7 Å². The Kier molecular flexibility index (Phi) is 4.99. The largest absolute Gasteiger partial charge is 0.396 e. The van der Waals surface area contributed by atoms with Crippen molar-refractivity contribution in [2.75, 3.05) is 18.6 Å². The van der Waals surface area contributed by atoms with E-state index in [4.69, 9.17) is 5.11 Å². The van der Waals surface area contributed by atoms with Crippen LogP contribution in [0.4, 0.5) is 5.69 Å². The molecule has 104 valence electrons. The number of aliphatic hydroxyl groups is 1. The van der Waals surface area contributed by atoms with Gasteiger partial charge in [-0.25, -0.2) is 0 Å². The second-order valence-corrected chi connectivity index (χ2v) is 6.19. The van der Waals surface area contributed by atoms with Gasteiger partial charge in [0.25, 0.3) is 0 Å².